The van der Waals surface area contributed by atoms with Gasteiger partial charge in [-0.2, -0.15) is 0 Å². The highest BCUT2D eigenvalue weighted by Crippen LogP contribution is 2.36. The second kappa shape index (κ2) is 23.1. The number of Topliss-reactive ketones (excluding diaryl/α,β-unsaturated/α-hetero) is 1. The first-order chi connectivity index (χ1) is 31.4. The number of hydrogen-bond donors (Lipinski definition) is 5. The van der Waals surface area contributed by atoms with Gasteiger partial charge in [-0.25, -0.2) is 0 Å². The van der Waals surface area contributed by atoms with Crippen LogP contribution in [-0.2, 0) is 41.6 Å². The highest BCUT2D eigenvalue weighted by molar-refractivity contribution is 6.08. The van der Waals surface area contributed by atoms with Crippen molar-refractivity contribution < 1.29 is 28.8 Å². The lowest BCUT2D eigenvalue weighted by Gasteiger charge is -2.31. The summed E-state index contributed by atoms with van der Waals surface area (Å²) in [7, 11) is 3.34. The van der Waals surface area contributed by atoms with Crippen molar-refractivity contribution >= 4 is 46.7 Å². The first-order valence-electron chi connectivity index (χ1n) is 23.1. The zero-order valence-electron chi connectivity index (χ0n) is 38.3. The molecule has 344 valence electrons. The van der Waals surface area contributed by atoms with E-state index in [0.29, 0.717) is 62.7 Å². The van der Waals surface area contributed by atoms with Crippen molar-refractivity contribution in [1.82, 2.24) is 26.6 Å². The van der Waals surface area contributed by atoms with Gasteiger partial charge in [-0.3, -0.25) is 38.6 Å². The van der Waals surface area contributed by atoms with Gasteiger partial charge in [0.25, 0.3) is 0 Å². The third kappa shape index (κ3) is 12.1. The molecule has 4 aromatic rings. The van der Waals surface area contributed by atoms with E-state index in [2.05, 4.69) is 26.6 Å². The Morgan fingerprint density at radius 3 is 1.63 bits per heavy atom. The summed E-state index contributed by atoms with van der Waals surface area (Å²) in [5.74, 6) is -1.67. The molecule has 6 rings (SSSR count). The van der Waals surface area contributed by atoms with Crippen LogP contribution in [0.25, 0.3) is 0 Å². The summed E-state index contributed by atoms with van der Waals surface area (Å²) in [6.45, 7) is 5.68. The topological polar surface area (TPSA) is 169 Å². The maximum atomic E-state index is 14.7. The Balaban J connectivity index is 1.13. The van der Waals surface area contributed by atoms with Crippen molar-refractivity contribution in [2.45, 2.75) is 121 Å². The molecular formula is C52H65N7O6. The number of ketones is 1. The first-order valence-corrected chi connectivity index (χ1v) is 23.1. The Kier molecular flexibility index (Phi) is 17.2. The molecule has 13 nitrogen and oxygen atoms in total. The minimum Gasteiger partial charge on any atom is -0.348 e. The van der Waals surface area contributed by atoms with Gasteiger partial charge in [0.05, 0.1) is 24.7 Å². The summed E-state index contributed by atoms with van der Waals surface area (Å²) in [6, 6.07) is 30.5. The lowest BCUT2D eigenvalue weighted by molar-refractivity contribution is -0.130. The van der Waals surface area contributed by atoms with Crippen molar-refractivity contribution in [1.29, 1.82) is 0 Å². The number of nitrogens with zero attached hydrogens (tertiary/aromatic N) is 2. The summed E-state index contributed by atoms with van der Waals surface area (Å²) < 4.78 is 0. The molecule has 7 atom stereocenters. The molecule has 4 aromatic carbocycles. The minimum absolute atomic E-state index is 0.0285. The fraction of sp³-hybridized carbons (Fsp3) is 0.423. The largest absolute Gasteiger partial charge is 0.348 e. The summed E-state index contributed by atoms with van der Waals surface area (Å²) in [5.41, 5.74) is 5.13. The summed E-state index contributed by atoms with van der Waals surface area (Å²) in [5, 5.41) is 14.8. The average molecular weight is 884 g/mol. The Labute approximate surface area is 383 Å². The molecule has 5 amide bonds. The Bertz CT molecular complexity index is 2270. The van der Waals surface area contributed by atoms with Crippen LogP contribution < -0.4 is 36.4 Å². The molecular weight excluding hydrogens is 819 g/mol. The predicted molar refractivity (Wildman–Crippen MR) is 254 cm³/mol. The molecule has 0 saturated heterocycles. The van der Waals surface area contributed by atoms with E-state index in [9.17, 15) is 28.8 Å². The third-order valence-corrected chi connectivity index (χ3v) is 12.8. The number of carbonyl (C=O) groups excluding carboxylic acids is 6. The third-order valence-electron chi connectivity index (χ3n) is 12.8. The van der Waals surface area contributed by atoms with Crippen LogP contribution in [0.3, 0.4) is 0 Å². The van der Waals surface area contributed by atoms with Crippen molar-refractivity contribution in [3.63, 3.8) is 0 Å². The lowest BCUT2D eigenvalue weighted by Crippen LogP contribution is -2.56. The van der Waals surface area contributed by atoms with Crippen LogP contribution in [0.15, 0.2) is 109 Å². The van der Waals surface area contributed by atoms with Crippen molar-refractivity contribution in [2.75, 3.05) is 30.4 Å². The molecule has 2 heterocycles. The van der Waals surface area contributed by atoms with Gasteiger partial charge in [0, 0.05) is 30.6 Å². The van der Waals surface area contributed by atoms with Crippen LogP contribution in [0.1, 0.15) is 99.9 Å². The fourth-order valence-corrected chi connectivity index (χ4v) is 8.99. The molecule has 0 aromatic heterocycles. The van der Waals surface area contributed by atoms with Crippen LogP contribution in [0, 0.1) is 0 Å². The van der Waals surface area contributed by atoms with Gasteiger partial charge in [-0.05, 0) is 81.1 Å². The van der Waals surface area contributed by atoms with Crippen LogP contribution in [-0.4, -0.2) is 86.2 Å². The molecule has 2 aliphatic rings. The number of unbranched alkanes of at least 4 members (excludes halogenated alkanes) is 3. The Morgan fingerprint density at radius 1 is 0.585 bits per heavy atom. The number of amides is 5. The van der Waals surface area contributed by atoms with Crippen molar-refractivity contribution in [3.8, 4) is 0 Å². The summed E-state index contributed by atoms with van der Waals surface area (Å²) in [6.07, 6.45) is 4.19. The first kappa shape index (κ1) is 48.3. The van der Waals surface area contributed by atoms with Gasteiger partial charge in [0.1, 0.15) is 18.1 Å². The molecule has 0 aliphatic carbocycles. The van der Waals surface area contributed by atoms with E-state index in [1.807, 2.05) is 123 Å². The number of para-hydroxylation sites is 2. The van der Waals surface area contributed by atoms with Crippen LogP contribution in [0.4, 0.5) is 11.4 Å². The number of likely N-dealkylation sites (N-methyl/N-ethyl adjacent to an activating group) is 2. The van der Waals surface area contributed by atoms with Crippen LogP contribution >= 0.6 is 0 Å². The SMILES string of the molecule is CNCC(=O)NC(CCCCCC[C@H](NC(=O)[C@H](C)NC)C(=O)N1c2ccccc2C[C@H]1C(=O)N[C@H](C)c1ccccc1)C(=O)N1c2ccccc2C[C@H]1C(=O)C[C@H](C)c1ccccc1. The zero-order chi connectivity index (χ0) is 46.5. The normalized spacial score (nSPS) is 17.5. The van der Waals surface area contributed by atoms with Gasteiger partial charge in [0.15, 0.2) is 5.78 Å². The monoisotopic (exact) mass is 883 g/mol. The molecule has 5 N–H and O–H groups in total. The smallest absolute Gasteiger partial charge is 0.250 e. The quantitative estimate of drug-likeness (QED) is 0.0629. The van der Waals surface area contributed by atoms with E-state index in [0.717, 1.165) is 22.3 Å². The minimum atomic E-state index is -0.907. The summed E-state index contributed by atoms with van der Waals surface area (Å²) in [4.78, 5) is 86.8. The standard InChI is InChI=1S/C52H65N7O6/c1-34(37-20-10-8-11-21-37)30-47(60)45-31-39-24-16-18-28-43(39)58(45)51(64)41(56-48(61)33-53-4)26-14-6-7-15-27-42(57-49(62)36(3)54-5)52(65)59-44-29-19-17-25-40(44)32-46(59)50(63)55-35(2)38-22-12-9-13-23-38/h8-13,16-25,28-29,34-36,41-42,45-46,53-54H,6-7,14-15,26-27,30-33H2,1-5H3,(H,55,63)(H,56,61)(H,57,62)/t34-,35+,36-,41?,42-,45-,46-/m0/s1. The van der Waals surface area contributed by atoms with E-state index in [1.54, 1.807) is 30.8 Å². The maximum Gasteiger partial charge on any atom is 0.250 e. The Morgan fingerprint density at radius 2 is 1.08 bits per heavy atom. The molecule has 2 aliphatic heterocycles. The maximum absolute atomic E-state index is 14.7. The number of carbonyl (C=O) groups is 6. The number of fused-ring (bicyclic) bond motifs is 2. The lowest BCUT2D eigenvalue weighted by atomic mass is 9.92. The zero-order valence-corrected chi connectivity index (χ0v) is 38.3. The Hall–Kier alpha value is -6.18. The van der Waals surface area contributed by atoms with E-state index in [-0.39, 0.29) is 60.2 Å². The van der Waals surface area contributed by atoms with Gasteiger partial charge >= 0.3 is 0 Å². The fourth-order valence-electron chi connectivity index (χ4n) is 8.99. The number of anilines is 2. The van der Waals surface area contributed by atoms with E-state index in [4.69, 9.17) is 0 Å². The van der Waals surface area contributed by atoms with E-state index in [1.165, 1.54) is 0 Å². The molecule has 1 unspecified atom stereocenters. The molecule has 13 heteroatoms. The van der Waals surface area contributed by atoms with Gasteiger partial charge in [-0.15, -0.1) is 0 Å². The molecule has 0 bridgehead atoms. The number of benzene rings is 4. The molecule has 0 spiro atoms. The summed E-state index contributed by atoms with van der Waals surface area (Å²) >= 11 is 0. The highest BCUT2D eigenvalue weighted by atomic mass is 16.2. The highest BCUT2D eigenvalue weighted by Gasteiger charge is 2.43. The van der Waals surface area contributed by atoms with E-state index < -0.39 is 30.2 Å². The van der Waals surface area contributed by atoms with Crippen molar-refractivity contribution in [3.05, 3.63) is 131 Å². The van der Waals surface area contributed by atoms with Gasteiger partial charge < -0.3 is 26.6 Å². The number of rotatable bonds is 22. The number of nitrogens with one attached hydrogen (secondary N) is 5. The predicted octanol–water partition coefficient (Wildman–Crippen LogP) is 5.68. The molecule has 0 fully saturated rings. The molecule has 0 radical (unpaired) electrons. The second-order valence-electron chi connectivity index (χ2n) is 17.5. The average Bonchev–Trinajstić information content (AvgIpc) is 3.91. The van der Waals surface area contributed by atoms with Gasteiger partial charge in [0.2, 0.25) is 29.5 Å². The number of hydrogen-bond acceptors (Lipinski definition) is 8. The van der Waals surface area contributed by atoms with Crippen LogP contribution in [0.2, 0.25) is 0 Å². The van der Waals surface area contributed by atoms with Gasteiger partial charge in [-0.1, -0.05) is 130 Å². The molecule has 0 saturated carbocycles. The van der Waals surface area contributed by atoms with E-state index >= 15 is 0 Å². The second-order valence-corrected chi connectivity index (χ2v) is 17.5. The van der Waals surface area contributed by atoms with Crippen LogP contribution in [0.5, 0.6) is 0 Å². The van der Waals surface area contributed by atoms with Crippen molar-refractivity contribution in [2.24, 2.45) is 0 Å². The molecule has 65 heavy (non-hydrogen) atoms.